The van der Waals surface area contributed by atoms with E-state index < -0.39 is 6.04 Å². The first kappa shape index (κ1) is 19.0. The number of thioether (sulfide) groups is 1. The third-order valence-electron chi connectivity index (χ3n) is 3.32. The molecule has 2 rings (SSSR count). The van der Waals surface area contributed by atoms with Crippen molar-refractivity contribution in [3.8, 4) is 11.5 Å². The predicted octanol–water partition coefficient (Wildman–Crippen LogP) is 2.17. The molecule has 1 atom stereocenters. The van der Waals surface area contributed by atoms with Crippen molar-refractivity contribution in [3.05, 3.63) is 29.8 Å². The van der Waals surface area contributed by atoms with E-state index >= 15 is 0 Å². The summed E-state index contributed by atoms with van der Waals surface area (Å²) in [7, 11) is 0. The molecule has 0 saturated heterocycles. The zero-order valence-corrected chi connectivity index (χ0v) is 15.4. The van der Waals surface area contributed by atoms with Gasteiger partial charge in [0.15, 0.2) is 0 Å². The molecule has 0 saturated carbocycles. The molecule has 0 aliphatic rings. The Balaban J connectivity index is 1.83. The Kier molecular flexibility index (Phi) is 7.00. The lowest BCUT2D eigenvalue weighted by atomic mass is 10.1. The van der Waals surface area contributed by atoms with E-state index in [1.54, 1.807) is 6.92 Å². The van der Waals surface area contributed by atoms with Crippen LogP contribution in [-0.2, 0) is 9.59 Å². The lowest BCUT2D eigenvalue weighted by molar-refractivity contribution is -0.127. The second kappa shape index (κ2) is 9.22. The zero-order valence-electron chi connectivity index (χ0n) is 14.5. The molecule has 0 unspecified atom stereocenters. The number of aryl methyl sites for hydroxylation is 1. The summed E-state index contributed by atoms with van der Waals surface area (Å²) in [5.41, 5.74) is 1.93. The summed E-state index contributed by atoms with van der Waals surface area (Å²) in [6, 6.07) is 7.16. The molecule has 25 heavy (non-hydrogen) atoms. The molecule has 1 heterocycles. The summed E-state index contributed by atoms with van der Waals surface area (Å²) in [6.07, 6.45) is 0.850. The predicted molar refractivity (Wildman–Crippen MR) is 96.1 cm³/mol. The smallest absolute Gasteiger partial charge is 0.277 e. The average molecular weight is 362 g/mol. The highest BCUT2D eigenvalue weighted by molar-refractivity contribution is 7.99. The van der Waals surface area contributed by atoms with Crippen LogP contribution in [0.1, 0.15) is 25.8 Å². The molecule has 0 fully saturated rings. The van der Waals surface area contributed by atoms with E-state index in [-0.39, 0.29) is 17.6 Å². The molecule has 0 radical (unpaired) electrons. The minimum atomic E-state index is -0.579. The normalized spacial score (nSPS) is 11.8. The van der Waals surface area contributed by atoms with Gasteiger partial charge in [-0.25, -0.2) is 0 Å². The largest absolute Gasteiger partial charge is 0.411 e. The number of amides is 2. The number of nitrogens with zero attached hydrogens (tertiary/aromatic N) is 2. The van der Waals surface area contributed by atoms with E-state index in [1.165, 1.54) is 0 Å². The minimum absolute atomic E-state index is 0.0981. The van der Waals surface area contributed by atoms with E-state index in [4.69, 9.17) is 4.42 Å². The van der Waals surface area contributed by atoms with Gasteiger partial charge in [0.25, 0.3) is 5.22 Å². The van der Waals surface area contributed by atoms with Crippen LogP contribution in [0.3, 0.4) is 0 Å². The van der Waals surface area contributed by atoms with E-state index in [9.17, 15) is 9.59 Å². The van der Waals surface area contributed by atoms with Gasteiger partial charge >= 0.3 is 0 Å². The SMILES string of the molecule is CCCNC(=O)[C@@H](C)NC(=O)CSc1nnc(-c2cccc(C)c2)o1. The van der Waals surface area contributed by atoms with Gasteiger partial charge in [-0.3, -0.25) is 9.59 Å². The fraction of sp³-hybridized carbons (Fsp3) is 0.412. The van der Waals surface area contributed by atoms with Crippen molar-refractivity contribution in [2.24, 2.45) is 0 Å². The number of aromatic nitrogens is 2. The average Bonchev–Trinajstić information content (AvgIpc) is 3.07. The molecule has 0 spiro atoms. The Morgan fingerprint density at radius 1 is 1.32 bits per heavy atom. The standard InChI is InChI=1S/C17H22N4O3S/c1-4-8-18-15(23)12(3)19-14(22)10-25-17-21-20-16(24-17)13-7-5-6-11(2)9-13/h5-7,9,12H,4,8,10H2,1-3H3,(H,18,23)(H,19,22)/t12-/m1/s1. The fourth-order valence-corrected chi connectivity index (χ4v) is 2.61. The summed E-state index contributed by atoms with van der Waals surface area (Å²) in [6.45, 7) is 6.20. The molecule has 0 aliphatic heterocycles. The van der Waals surface area contributed by atoms with Gasteiger partial charge in [-0.15, -0.1) is 10.2 Å². The molecular formula is C17H22N4O3S. The summed E-state index contributed by atoms with van der Waals surface area (Å²) < 4.78 is 5.56. The molecule has 2 N–H and O–H groups in total. The number of nitrogens with one attached hydrogen (secondary N) is 2. The van der Waals surface area contributed by atoms with Crippen molar-refractivity contribution < 1.29 is 14.0 Å². The van der Waals surface area contributed by atoms with Crippen LogP contribution >= 0.6 is 11.8 Å². The third kappa shape index (κ3) is 5.90. The van der Waals surface area contributed by atoms with Crippen LogP contribution in [0.4, 0.5) is 0 Å². The highest BCUT2D eigenvalue weighted by Crippen LogP contribution is 2.23. The topological polar surface area (TPSA) is 97.1 Å². The Bertz CT molecular complexity index is 732. The van der Waals surface area contributed by atoms with Crippen molar-refractivity contribution in [1.29, 1.82) is 0 Å². The number of hydrogen-bond acceptors (Lipinski definition) is 6. The van der Waals surface area contributed by atoms with E-state index in [0.717, 1.165) is 29.3 Å². The van der Waals surface area contributed by atoms with Crippen molar-refractivity contribution in [2.75, 3.05) is 12.3 Å². The van der Waals surface area contributed by atoms with Crippen LogP contribution in [0.2, 0.25) is 0 Å². The monoisotopic (exact) mass is 362 g/mol. The maximum absolute atomic E-state index is 11.9. The second-order valence-corrected chi connectivity index (χ2v) is 6.54. The zero-order chi connectivity index (χ0) is 18.2. The van der Waals surface area contributed by atoms with Gasteiger partial charge in [0, 0.05) is 12.1 Å². The Morgan fingerprint density at radius 2 is 2.12 bits per heavy atom. The minimum Gasteiger partial charge on any atom is -0.411 e. The summed E-state index contributed by atoms with van der Waals surface area (Å²) in [5, 5.41) is 13.6. The van der Waals surface area contributed by atoms with Gasteiger partial charge in [-0.05, 0) is 32.4 Å². The first-order valence-electron chi connectivity index (χ1n) is 8.10. The highest BCUT2D eigenvalue weighted by Gasteiger charge is 2.16. The maximum Gasteiger partial charge on any atom is 0.277 e. The first-order valence-corrected chi connectivity index (χ1v) is 9.08. The van der Waals surface area contributed by atoms with Crippen LogP contribution in [0.5, 0.6) is 0 Å². The molecule has 1 aromatic heterocycles. The molecule has 134 valence electrons. The van der Waals surface area contributed by atoms with Gasteiger partial charge in [0.2, 0.25) is 17.7 Å². The maximum atomic E-state index is 11.9. The van der Waals surface area contributed by atoms with Gasteiger partial charge < -0.3 is 15.1 Å². The second-order valence-electron chi connectivity index (χ2n) is 5.61. The van der Waals surface area contributed by atoms with E-state index in [2.05, 4.69) is 20.8 Å². The van der Waals surface area contributed by atoms with Crippen LogP contribution in [0.15, 0.2) is 33.9 Å². The van der Waals surface area contributed by atoms with Crippen molar-refractivity contribution in [1.82, 2.24) is 20.8 Å². The van der Waals surface area contributed by atoms with Crippen LogP contribution in [0, 0.1) is 6.92 Å². The van der Waals surface area contributed by atoms with Gasteiger partial charge in [0.1, 0.15) is 6.04 Å². The Morgan fingerprint density at radius 3 is 2.84 bits per heavy atom. The molecule has 8 heteroatoms. The van der Waals surface area contributed by atoms with Crippen LogP contribution < -0.4 is 10.6 Å². The molecule has 0 bridgehead atoms. The first-order chi connectivity index (χ1) is 12.0. The lowest BCUT2D eigenvalue weighted by Gasteiger charge is -2.13. The molecular weight excluding hydrogens is 340 g/mol. The highest BCUT2D eigenvalue weighted by atomic mass is 32.2. The summed E-state index contributed by atoms with van der Waals surface area (Å²) >= 11 is 1.14. The third-order valence-corrected chi connectivity index (χ3v) is 4.14. The van der Waals surface area contributed by atoms with Crippen molar-refractivity contribution in [2.45, 2.75) is 38.5 Å². The Hall–Kier alpha value is -2.35. The van der Waals surface area contributed by atoms with Gasteiger partial charge in [-0.2, -0.15) is 0 Å². The number of benzene rings is 1. The molecule has 0 aliphatic carbocycles. The molecule has 7 nitrogen and oxygen atoms in total. The molecule has 2 aromatic rings. The van der Waals surface area contributed by atoms with E-state index in [1.807, 2.05) is 38.1 Å². The lowest BCUT2D eigenvalue weighted by Crippen LogP contribution is -2.45. The van der Waals surface area contributed by atoms with Crippen molar-refractivity contribution in [3.63, 3.8) is 0 Å². The number of rotatable bonds is 8. The van der Waals surface area contributed by atoms with Crippen molar-refractivity contribution >= 4 is 23.6 Å². The fourth-order valence-electron chi connectivity index (χ4n) is 2.04. The summed E-state index contributed by atoms with van der Waals surface area (Å²) in [5.74, 6) is 0.0546. The quantitative estimate of drug-likeness (QED) is 0.699. The molecule has 1 aromatic carbocycles. The summed E-state index contributed by atoms with van der Waals surface area (Å²) in [4.78, 5) is 23.7. The van der Waals surface area contributed by atoms with Gasteiger partial charge in [-0.1, -0.05) is 36.4 Å². The molecule has 2 amide bonds. The number of carbonyl (C=O) groups is 2. The number of carbonyl (C=O) groups excluding carboxylic acids is 2. The van der Waals surface area contributed by atoms with E-state index in [0.29, 0.717) is 17.7 Å². The van der Waals surface area contributed by atoms with Gasteiger partial charge in [0.05, 0.1) is 5.75 Å². The number of hydrogen-bond donors (Lipinski definition) is 2. The van der Waals surface area contributed by atoms with Crippen LogP contribution in [0.25, 0.3) is 11.5 Å². The van der Waals surface area contributed by atoms with Crippen LogP contribution in [-0.4, -0.2) is 40.4 Å². The Labute approximate surface area is 151 Å².